The van der Waals surface area contributed by atoms with Gasteiger partial charge in [-0.25, -0.2) is 0 Å². The molecule has 1 aromatic carbocycles. The van der Waals surface area contributed by atoms with Crippen LogP contribution in [0.4, 0.5) is 5.69 Å². The number of nitrogen functional groups attached to an aromatic ring is 1. The van der Waals surface area contributed by atoms with Crippen molar-refractivity contribution in [1.82, 2.24) is 20.1 Å². The van der Waals surface area contributed by atoms with Gasteiger partial charge in [0.2, 0.25) is 0 Å². The van der Waals surface area contributed by atoms with Gasteiger partial charge in [0.15, 0.2) is 0 Å². The van der Waals surface area contributed by atoms with E-state index in [1.165, 1.54) is 12.8 Å². The Morgan fingerprint density at radius 2 is 1.84 bits per heavy atom. The highest BCUT2D eigenvalue weighted by Crippen LogP contribution is 2.29. The summed E-state index contributed by atoms with van der Waals surface area (Å²) in [6.45, 7) is 14.7. The second kappa shape index (κ2) is 12.7. The number of amides is 1. The number of benzene rings is 1. The molecule has 2 fully saturated rings. The van der Waals surface area contributed by atoms with E-state index in [1.54, 1.807) is 6.07 Å². The summed E-state index contributed by atoms with van der Waals surface area (Å²) in [6, 6.07) is 7.76. The molecule has 200 valence electrons. The number of anilines is 1. The van der Waals surface area contributed by atoms with Crippen LogP contribution in [0.5, 0.6) is 0 Å². The number of carbonyl (C=O) groups is 1. The number of likely N-dealkylation sites (tertiary alicyclic amines) is 2. The summed E-state index contributed by atoms with van der Waals surface area (Å²) >= 11 is 0. The van der Waals surface area contributed by atoms with E-state index in [4.69, 9.17) is 5.73 Å². The van der Waals surface area contributed by atoms with Crippen LogP contribution in [0, 0.1) is 0 Å². The molecule has 4 N–H and O–H groups in total. The number of aromatic nitrogens is 1. The fraction of sp³-hybridized carbons (Fsp3) is 0.355. The maximum atomic E-state index is 13.1. The number of pyridine rings is 1. The molecular weight excluding hydrogens is 474 g/mol. The Labute approximate surface area is 226 Å². The molecule has 4 rings (SSSR count). The van der Waals surface area contributed by atoms with Crippen LogP contribution in [-0.4, -0.2) is 58.1 Å². The van der Waals surface area contributed by atoms with Gasteiger partial charge in [0.05, 0.1) is 6.10 Å². The summed E-state index contributed by atoms with van der Waals surface area (Å²) in [5, 5.41) is 12.7. The van der Waals surface area contributed by atoms with Gasteiger partial charge in [-0.05, 0) is 74.1 Å². The molecule has 2 aliphatic heterocycles. The number of piperidine rings is 1. The number of nitrogens with one attached hydrogen (secondary N) is 1. The molecule has 0 bridgehead atoms. The maximum Gasteiger partial charge on any atom is 0.255 e. The normalized spacial score (nSPS) is 17.2. The first-order valence-corrected chi connectivity index (χ1v) is 13.4. The lowest BCUT2D eigenvalue weighted by Gasteiger charge is -2.29. The number of hydrogen-bond acceptors (Lipinski definition) is 6. The van der Waals surface area contributed by atoms with Crippen LogP contribution in [0.15, 0.2) is 79.4 Å². The van der Waals surface area contributed by atoms with Crippen molar-refractivity contribution in [3.8, 4) is 11.1 Å². The van der Waals surface area contributed by atoms with E-state index in [-0.39, 0.29) is 12.0 Å². The van der Waals surface area contributed by atoms with Gasteiger partial charge in [-0.3, -0.25) is 14.7 Å². The van der Waals surface area contributed by atoms with E-state index in [2.05, 4.69) is 39.3 Å². The number of rotatable bonds is 9. The predicted octanol–water partition coefficient (Wildman–Crippen LogP) is 4.49. The molecular formula is C31H39N5O2. The Morgan fingerprint density at radius 1 is 1.11 bits per heavy atom. The molecule has 0 aliphatic carbocycles. The first-order chi connectivity index (χ1) is 18.3. The van der Waals surface area contributed by atoms with Crippen molar-refractivity contribution in [2.45, 2.75) is 45.3 Å². The van der Waals surface area contributed by atoms with E-state index in [1.807, 2.05) is 49.7 Å². The first-order valence-electron chi connectivity index (χ1n) is 13.4. The van der Waals surface area contributed by atoms with Crippen molar-refractivity contribution in [1.29, 1.82) is 0 Å². The zero-order valence-electron chi connectivity index (χ0n) is 22.3. The predicted molar refractivity (Wildman–Crippen MR) is 155 cm³/mol. The topological polar surface area (TPSA) is 94.7 Å². The molecule has 2 saturated heterocycles. The molecule has 0 saturated carbocycles. The molecule has 3 heterocycles. The monoisotopic (exact) mass is 513 g/mol. The van der Waals surface area contributed by atoms with Crippen molar-refractivity contribution in [2.24, 2.45) is 0 Å². The zero-order chi connectivity index (χ0) is 27.1. The number of nitrogens with zero attached hydrogens (tertiary/aromatic N) is 3. The minimum Gasteiger partial charge on any atom is -0.398 e. The number of aliphatic hydroxyl groups excluding tert-OH is 1. The van der Waals surface area contributed by atoms with Gasteiger partial charge in [0.25, 0.3) is 5.91 Å². The SMILES string of the molecule is C=C(C(=O)NC(/C=C\C(=C)N1CCCC1)=C/C)c1cc(-c2cncc(CN3CCC(O)CC3)c2)ccc1N. The van der Waals surface area contributed by atoms with Crippen molar-refractivity contribution >= 4 is 17.2 Å². The lowest BCUT2D eigenvalue weighted by Crippen LogP contribution is -2.35. The number of allylic oxidation sites excluding steroid dienone is 3. The first kappa shape index (κ1) is 27.4. The van der Waals surface area contributed by atoms with Gasteiger partial charge in [-0.15, -0.1) is 0 Å². The fourth-order valence-electron chi connectivity index (χ4n) is 4.90. The Hall–Kier alpha value is -3.68. The highest BCUT2D eigenvalue weighted by Gasteiger charge is 2.18. The van der Waals surface area contributed by atoms with Crippen molar-refractivity contribution in [3.05, 3.63) is 90.6 Å². The molecule has 0 spiro atoms. The third-order valence-electron chi connectivity index (χ3n) is 7.28. The molecule has 0 radical (unpaired) electrons. The highest BCUT2D eigenvalue weighted by molar-refractivity contribution is 6.20. The minimum atomic E-state index is -0.308. The molecule has 7 nitrogen and oxygen atoms in total. The van der Waals surface area contributed by atoms with Crippen LogP contribution in [0.25, 0.3) is 16.7 Å². The lowest BCUT2D eigenvalue weighted by atomic mass is 9.97. The lowest BCUT2D eigenvalue weighted by molar-refractivity contribution is -0.114. The third-order valence-corrected chi connectivity index (χ3v) is 7.28. The van der Waals surface area contributed by atoms with E-state index in [0.717, 1.165) is 68.0 Å². The van der Waals surface area contributed by atoms with Crippen molar-refractivity contribution in [2.75, 3.05) is 31.9 Å². The van der Waals surface area contributed by atoms with Gasteiger partial charge in [-0.1, -0.05) is 25.3 Å². The number of hydrogen-bond donors (Lipinski definition) is 3. The zero-order valence-corrected chi connectivity index (χ0v) is 22.3. The molecule has 38 heavy (non-hydrogen) atoms. The molecule has 2 aromatic rings. The van der Waals surface area contributed by atoms with Crippen LogP contribution in [0.1, 0.15) is 43.7 Å². The maximum absolute atomic E-state index is 13.1. The van der Waals surface area contributed by atoms with E-state index >= 15 is 0 Å². The summed E-state index contributed by atoms with van der Waals surface area (Å²) in [4.78, 5) is 22.1. The Bertz CT molecular complexity index is 1230. The number of nitrogens with two attached hydrogens (primary N) is 1. The standard InChI is InChI=1S/C31H39N5O2/c1-4-27(9-7-22(2)36-13-5-6-14-36)34-31(38)23(3)29-18-25(8-10-30(29)32)26-17-24(19-33-20-26)21-35-15-11-28(37)12-16-35/h4,7-10,17-20,28,37H,2-3,5-6,11-16,21,32H2,1H3,(H,34,38)/b9-7-,27-4+. The average molecular weight is 514 g/mol. The third kappa shape index (κ3) is 7.00. The summed E-state index contributed by atoms with van der Waals surface area (Å²) in [6.07, 6.45) is 13.1. The van der Waals surface area contributed by atoms with Crippen LogP contribution in [0.3, 0.4) is 0 Å². The largest absolute Gasteiger partial charge is 0.398 e. The van der Waals surface area contributed by atoms with Crippen molar-refractivity contribution in [3.63, 3.8) is 0 Å². The minimum absolute atomic E-state index is 0.191. The Morgan fingerprint density at radius 3 is 2.55 bits per heavy atom. The van der Waals surface area contributed by atoms with E-state index < -0.39 is 0 Å². The fourth-order valence-corrected chi connectivity index (χ4v) is 4.90. The smallest absolute Gasteiger partial charge is 0.255 e. The van der Waals surface area contributed by atoms with Gasteiger partial charge >= 0.3 is 0 Å². The molecule has 1 amide bonds. The molecule has 0 atom stereocenters. The highest BCUT2D eigenvalue weighted by atomic mass is 16.3. The van der Waals surface area contributed by atoms with Crippen LogP contribution in [-0.2, 0) is 11.3 Å². The number of aliphatic hydroxyl groups is 1. The van der Waals surface area contributed by atoms with Gasteiger partial charge < -0.3 is 21.1 Å². The van der Waals surface area contributed by atoms with E-state index in [0.29, 0.717) is 22.5 Å². The molecule has 7 heteroatoms. The Kier molecular flexibility index (Phi) is 9.15. The summed E-state index contributed by atoms with van der Waals surface area (Å²) < 4.78 is 0. The molecule has 2 aliphatic rings. The van der Waals surface area contributed by atoms with Crippen LogP contribution in [0.2, 0.25) is 0 Å². The second-order valence-corrected chi connectivity index (χ2v) is 10.1. The quantitative estimate of drug-likeness (QED) is 0.260. The van der Waals surface area contributed by atoms with Crippen LogP contribution >= 0.6 is 0 Å². The summed E-state index contributed by atoms with van der Waals surface area (Å²) in [5.41, 5.74) is 12.2. The second-order valence-electron chi connectivity index (χ2n) is 10.1. The Balaban J connectivity index is 1.44. The van der Waals surface area contributed by atoms with Gasteiger partial charge in [0.1, 0.15) is 0 Å². The van der Waals surface area contributed by atoms with Gasteiger partial charge in [-0.2, -0.15) is 0 Å². The summed E-state index contributed by atoms with van der Waals surface area (Å²) in [5.74, 6) is -0.308. The van der Waals surface area contributed by atoms with Crippen molar-refractivity contribution < 1.29 is 9.90 Å². The van der Waals surface area contributed by atoms with Crippen LogP contribution < -0.4 is 11.1 Å². The van der Waals surface area contributed by atoms with E-state index in [9.17, 15) is 9.90 Å². The number of carbonyl (C=O) groups excluding carboxylic acids is 1. The molecule has 1 aromatic heterocycles. The molecule has 0 unspecified atom stereocenters. The van der Waals surface area contributed by atoms with Gasteiger partial charge in [0, 0.05) is 78.9 Å². The summed E-state index contributed by atoms with van der Waals surface area (Å²) in [7, 11) is 0. The average Bonchev–Trinajstić information content (AvgIpc) is 3.47.